The number of morpholine rings is 1. The third kappa shape index (κ3) is 3.40. The maximum Gasteiger partial charge on any atom is 0.264 e. The first kappa shape index (κ1) is 19.3. The van der Waals surface area contributed by atoms with E-state index in [2.05, 4.69) is 17.2 Å². The smallest absolute Gasteiger partial charge is 0.264 e. The number of hydrogen-bond acceptors (Lipinski definition) is 5. The highest BCUT2D eigenvalue weighted by molar-refractivity contribution is 7.21. The summed E-state index contributed by atoms with van der Waals surface area (Å²) in [7, 11) is 1.81. The van der Waals surface area contributed by atoms with Crippen LogP contribution >= 0.6 is 11.3 Å². The Morgan fingerprint density at radius 3 is 2.67 bits per heavy atom. The molecule has 156 valence electrons. The molecule has 2 saturated heterocycles. The fourth-order valence-corrected chi connectivity index (χ4v) is 5.69. The molecule has 2 fully saturated rings. The molecule has 2 amide bonds. The van der Waals surface area contributed by atoms with Crippen molar-refractivity contribution in [1.29, 1.82) is 0 Å². The number of likely N-dealkylation sites (tertiary alicyclic amines) is 1. The van der Waals surface area contributed by atoms with Crippen LogP contribution in [-0.2, 0) is 11.8 Å². The molecule has 1 aromatic carbocycles. The molecule has 5 rings (SSSR count). The molecule has 0 saturated carbocycles. The predicted octanol–water partition coefficient (Wildman–Crippen LogP) is 2.74. The van der Waals surface area contributed by atoms with Crippen molar-refractivity contribution in [3.8, 4) is 0 Å². The van der Waals surface area contributed by atoms with Crippen LogP contribution in [0.1, 0.15) is 37.9 Å². The highest BCUT2D eigenvalue weighted by Gasteiger charge is 2.34. The molecule has 0 bridgehead atoms. The van der Waals surface area contributed by atoms with Crippen molar-refractivity contribution in [2.75, 3.05) is 39.4 Å². The number of thiophene rings is 1. The van der Waals surface area contributed by atoms with E-state index >= 15 is 0 Å². The van der Waals surface area contributed by atoms with Crippen LogP contribution in [0.15, 0.2) is 36.7 Å². The topological polar surface area (TPSA) is 67.7 Å². The first-order valence-electron chi connectivity index (χ1n) is 10.3. The maximum absolute atomic E-state index is 13.4. The summed E-state index contributed by atoms with van der Waals surface area (Å²) >= 11 is 1.57. The number of carbonyl (C=O) groups is 2. The summed E-state index contributed by atoms with van der Waals surface area (Å²) in [5.41, 5.74) is 1.71. The van der Waals surface area contributed by atoms with E-state index in [0.717, 1.165) is 26.9 Å². The third-order valence-corrected chi connectivity index (χ3v) is 7.14. The summed E-state index contributed by atoms with van der Waals surface area (Å²) in [5.74, 6) is 0.250. The average molecular weight is 425 g/mol. The van der Waals surface area contributed by atoms with Crippen LogP contribution in [0.5, 0.6) is 0 Å². The Kier molecular flexibility index (Phi) is 5.04. The van der Waals surface area contributed by atoms with E-state index < -0.39 is 0 Å². The number of rotatable bonds is 3. The second-order valence-electron chi connectivity index (χ2n) is 7.89. The van der Waals surface area contributed by atoms with Gasteiger partial charge in [-0.15, -0.1) is 11.3 Å². The lowest BCUT2D eigenvalue weighted by Gasteiger charge is -2.27. The lowest BCUT2D eigenvalue weighted by Crippen LogP contribution is -2.40. The molecule has 0 N–H and O–H groups in total. The number of fused-ring (bicyclic) bond motifs is 1. The Balaban J connectivity index is 1.46. The number of hydrogen-bond donors (Lipinski definition) is 0. The molecular weight excluding hydrogens is 400 g/mol. The first-order chi connectivity index (χ1) is 14.6. The van der Waals surface area contributed by atoms with Crippen LogP contribution in [0.2, 0.25) is 0 Å². The summed E-state index contributed by atoms with van der Waals surface area (Å²) in [6.45, 7) is 3.74. The Bertz CT molecular complexity index is 1100. The fourth-order valence-electron chi connectivity index (χ4n) is 4.43. The molecule has 0 spiro atoms. The van der Waals surface area contributed by atoms with Crippen LogP contribution < -0.4 is 0 Å². The molecule has 8 heteroatoms. The van der Waals surface area contributed by atoms with E-state index in [1.165, 1.54) is 0 Å². The van der Waals surface area contributed by atoms with Gasteiger partial charge < -0.3 is 14.5 Å². The van der Waals surface area contributed by atoms with Gasteiger partial charge in [-0.2, -0.15) is 5.10 Å². The number of nitrogens with zero attached hydrogens (tertiary/aromatic N) is 4. The van der Waals surface area contributed by atoms with E-state index in [1.807, 2.05) is 29.0 Å². The first-order valence-corrected chi connectivity index (χ1v) is 11.1. The summed E-state index contributed by atoms with van der Waals surface area (Å²) in [6, 6.07) is 8.21. The van der Waals surface area contributed by atoms with Crippen molar-refractivity contribution < 1.29 is 14.3 Å². The summed E-state index contributed by atoms with van der Waals surface area (Å²) < 4.78 is 8.19. The number of amides is 2. The Morgan fingerprint density at radius 2 is 1.90 bits per heavy atom. The quantitative estimate of drug-likeness (QED) is 0.648. The van der Waals surface area contributed by atoms with Gasteiger partial charge in [0.25, 0.3) is 11.8 Å². The van der Waals surface area contributed by atoms with Gasteiger partial charge in [-0.25, -0.2) is 0 Å². The number of carbonyl (C=O) groups excluding carboxylic acids is 2. The summed E-state index contributed by atoms with van der Waals surface area (Å²) in [6.07, 6.45) is 4.22. The van der Waals surface area contributed by atoms with Gasteiger partial charge in [-0.05, 0) is 23.4 Å². The summed E-state index contributed by atoms with van der Waals surface area (Å²) in [4.78, 5) is 30.9. The zero-order valence-electron chi connectivity index (χ0n) is 16.9. The zero-order valence-corrected chi connectivity index (χ0v) is 17.7. The minimum absolute atomic E-state index is 0.00573. The van der Waals surface area contributed by atoms with Crippen molar-refractivity contribution >= 4 is 33.2 Å². The van der Waals surface area contributed by atoms with Crippen molar-refractivity contribution in [2.24, 2.45) is 7.05 Å². The molecule has 30 heavy (non-hydrogen) atoms. The van der Waals surface area contributed by atoms with Crippen LogP contribution in [0.25, 0.3) is 10.1 Å². The minimum atomic E-state index is 0.00573. The van der Waals surface area contributed by atoms with Crippen LogP contribution in [0.3, 0.4) is 0 Å². The Morgan fingerprint density at radius 1 is 1.10 bits per heavy atom. The second kappa shape index (κ2) is 7.85. The molecule has 0 unspecified atom stereocenters. The van der Waals surface area contributed by atoms with Gasteiger partial charge in [-0.3, -0.25) is 14.3 Å². The van der Waals surface area contributed by atoms with Crippen molar-refractivity contribution in [2.45, 2.75) is 12.3 Å². The molecule has 7 nitrogen and oxygen atoms in total. The molecule has 0 aliphatic carbocycles. The molecule has 3 aromatic rings. The van der Waals surface area contributed by atoms with Gasteiger partial charge in [0.2, 0.25) is 0 Å². The van der Waals surface area contributed by atoms with Crippen molar-refractivity contribution in [3.05, 3.63) is 52.7 Å². The van der Waals surface area contributed by atoms with E-state index in [9.17, 15) is 9.59 Å². The molecule has 1 atom stereocenters. The number of aromatic nitrogens is 2. The molecule has 4 heterocycles. The van der Waals surface area contributed by atoms with Crippen LogP contribution in [0.4, 0.5) is 0 Å². The lowest BCUT2D eigenvalue weighted by molar-refractivity contribution is 0.0305. The lowest BCUT2D eigenvalue weighted by atomic mass is 9.94. The number of aryl methyl sites for hydroxylation is 1. The van der Waals surface area contributed by atoms with E-state index in [-0.39, 0.29) is 17.7 Å². The maximum atomic E-state index is 13.4. The predicted molar refractivity (Wildman–Crippen MR) is 115 cm³/mol. The molecule has 2 aliphatic rings. The van der Waals surface area contributed by atoms with Crippen LogP contribution in [0, 0.1) is 0 Å². The van der Waals surface area contributed by atoms with Gasteiger partial charge in [0, 0.05) is 50.0 Å². The second-order valence-corrected chi connectivity index (χ2v) is 8.94. The number of benzene rings is 1. The average Bonchev–Trinajstić information content (AvgIpc) is 3.51. The SMILES string of the molecule is Cn1cc(C(=O)N2CC[C@@H](c3c(C(=O)N4CCOCC4)sc4ccccc34)C2)cn1. The monoisotopic (exact) mass is 424 g/mol. The largest absolute Gasteiger partial charge is 0.378 e. The zero-order chi connectivity index (χ0) is 20.7. The Hall–Kier alpha value is -2.71. The van der Waals surface area contributed by atoms with Gasteiger partial charge in [0.15, 0.2) is 0 Å². The van der Waals surface area contributed by atoms with E-state index in [1.54, 1.807) is 28.4 Å². The van der Waals surface area contributed by atoms with E-state index in [0.29, 0.717) is 45.0 Å². The standard InChI is InChI=1S/C22H24N4O3S/c1-24-13-16(12-23-24)21(27)26-7-6-15(14-26)19-17-4-2-3-5-18(17)30-20(19)22(28)25-8-10-29-11-9-25/h2-5,12-13,15H,6-11,14H2,1H3/t15-/m1/s1. The molecule has 0 radical (unpaired) electrons. The highest BCUT2D eigenvalue weighted by Crippen LogP contribution is 2.41. The molecule has 2 aromatic heterocycles. The van der Waals surface area contributed by atoms with Crippen molar-refractivity contribution in [1.82, 2.24) is 19.6 Å². The summed E-state index contributed by atoms with van der Waals surface area (Å²) in [5, 5.41) is 5.26. The molecule has 2 aliphatic heterocycles. The van der Waals surface area contributed by atoms with E-state index in [4.69, 9.17) is 4.74 Å². The Labute approximate surface area is 178 Å². The fraction of sp³-hybridized carbons (Fsp3) is 0.409. The van der Waals surface area contributed by atoms with Gasteiger partial charge in [-0.1, -0.05) is 18.2 Å². The third-order valence-electron chi connectivity index (χ3n) is 5.96. The normalized spacial score (nSPS) is 19.6. The van der Waals surface area contributed by atoms with Crippen LogP contribution in [-0.4, -0.2) is 70.8 Å². The highest BCUT2D eigenvalue weighted by atomic mass is 32.1. The minimum Gasteiger partial charge on any atom is -0.378 e. The van der Waals surface area contributed by atoms with Gasteiger partial charge in [0.05, 0.1) is 29.9 Å². The van der Waals surface area contributed by atoms with Gasteiger partial charge in [0.1, 0.15) is 0 Å². The van der Waals surface area contributed by atoms with Crippen molar-refractivity contribution in [3.63, 3.8) is 0 Å². The number of ether oxygens (including phenoxy) is 1. The molecular formula is C22H24N4O3S. The van der Waals surface area contributed by atoms with Gasteiger partial charge >= 0.3 is 0 Å².